The second kappa shape index (κ2) is 11.1. The number of alkyl halides is 2. The highest BCUT2D eigenvalue weighted by Crippen LogP contribution is 2.24. The van der Waals surface area contributed by atoms with Crippen LogP contribution in [0.5, 0.6) is 5.75 Å². The predicted octanol–water partition coefficient (Wildman–Crippen LogP) is 5.75. The molecule has 2 heterocycles. The van der Waals surface area contributed by atoms with Gasteiger partial charge in [-0.2, -0.15) is 0 Å². The lowest BCUT2D eigenvalue weighted by Gasteiger charge is -2.28. The van der Waals surface area contributed by atoms with Crippen molar-refractivity contribution in [2.75, 3.05) is 13.1 Å². The minimum atomic E-state index is -2.47. The maximum Gasteiger partial charge on any atom is 0.307 e. The van der Waals surface area contributed by atoms with E-state index in [1.807, 2.05) is 51.2 Å². The number of hydrogen-bond acceptors (Lipinski definition) is 6. The fourth-order valence-corrected chi connectivity index (χ4v) is 3.97. The first kappa shape index (κ1) is 25.7. The first-order valence-electron chi connectivity index (χ1n) is 12.1. The molecule has 4 rings (SSSR count). The van der Waals surface area contributed by atoms with Crippen LogP contribution in [0.25, 0.3) is 11.4 Å². The Bertz CT molecular complexity index is 1180. The van der Waals surface area contributed by atoms with Crippen LogP contribution in [-0.4, -0.2) is 39.5 Å². The van der Waals surface area contributed by atoms with Gasteiger partial charge >= 0.3 is 5.97 Å². The zero-order valence-corrected chi connectivity index (χ0v) is 20.8. The Morgan fingerprint density at radius 3 is 2.47 bits per heavy atom. The number of benzene rings is 2. The van der Waals surface area contributed by atoms with Crippen molar-refractivity contribution in [2.45, 2.75) is 58.8 Å². The summed E-state index contributed by atoms with van der Waals surface area (Å²) in [7, 11) is 0. The van der Waals surface area contributed by atoms with E-state index in [4.69, 9.17) is 14.5 Å². The third kappa shape index (κ3) is 7.07. The topological polar surface area (TPSA) is 64.5 Å². The van der Waals surface area contributed by atoms with Crippen molar-refractivity contribution in [1.82, 2.24) is 14.9 Å². The van der Waals surface area contributed by atoms with Gasteiger partial charge in [-0.1, -0.05) is 24.3 Å². The van der Waals surface area contributed by atoms with Crippen molar-refractivity contribution in [2.24, 2.45) is 0 Å². The molecule has 0 spiro atoms. The lowest BCUT2D eigenvalue weighted by atomic mass is 10.1. The third-order valence-corrected chi connectivity index (χ3v) is 5.81. The maximum atomic E-state index is 12.7. The summed E-state index contributed by atoms with van der Waals surface area (Å²) >= 11 is 0. The summed E-state index contributed by atoms with van der Waals surface area (Å²) < 4.78 is 36.5. The Morgan fingerprint density at radius 2 is 1.81 bits per heavy atom. The number of aromatic nitrogens is 2. The lowest BCUT2D eigenvalue weighted by molar-refractivity contribution is -0.155. The quantitative estimate of drug-likeness (QED) is 0.371. The molecule has 190 valence electrons. The summed E-state index contributed by atoms with van der Waals surface area (Å²) in [5.41, 5.74) is 3.35. The van der Waals surface area contributed by atoms with Crippen molar-refractivity contribution in [3.63, 3.8) is 0 Å². The molecule has 36 heavy (non-hydrogen) atoms. The molecule has 1 aliphatic heterocycles. The molecule has 0 bridgehead atoms. The van der Waals surface area contributed by atoms with E-state index in [1.165, 1.54) is 12.1 Å². The van der Waals surface area contributed by atoms with Crippen LogP contribution in [0.1, 0.15) is 56.0 Å². The predicted molar refractivity (Wildman–Crippen MR) is 133 cm³/mol. The van der Waals surface area contributed by atoms with Gasteiger partial charge in [0.15, 0.2) is 5.82 Å². The molecule has 6 nitrogen and oxygen atoms in total. The summed E-state index contributed by atoms with van der Waals surface area (Å²) in [6, 6.07) is 13.7. The van der Waals surface area contributed by atoms with Crippen molar-refractivity contribution in [1.29, 1.82) is 0 Å². The van der Waals surface area contributed by atoms with Crippen LogP contribution in [-0.2, 0) is 29.1 Å². The Hall–Kier alpha value is -3.39. The van der Waals surface area contributed by atoms with E-state index in [2.05, 4.69) is 9.88 Å². The van der Waals surface area contributed by atoms with Gasteiger partial charge in [0.05, 0.1) is 12.1 Å². The summed E-state index contributed by atoms with van der Waals surface area (Å²) in [6.45, 7) is 8.10. The standard InChI is InChI=1S/C28H31F2N3O3/c1-28(2,3)36-25(34)13-15-33-14-12-24-22(17-33)16-31-27(32-24)21-8-10-23(11-9-21)35-18-19-4-6-20(7-5-19)26(29)30/h4-11,16,26H,12-15,17-18H2,1-3H3. The first-order chi connectivity index (χ1) is 17.2. The monoisotopic (exact) mass is 495 g/mol. The molecule has 0 fully saturated rings. The van der Waals surface area contributed by atoms with Gasteiger partial charge in [-0.25, -0.2) is 18.7 Å². The number of carbonyl (C=O) groups excluding carboxylic acids is 1. The van der Waals surface area contributed by atoms with Gasteiger partial charge in [-0.3, -0.25) is 9.69 Å². The number of carbonyl (C=O) groups is 1. The molecule has 0 N–H and O–H groups in total. The molecule has 0 aliphatic carbocycles. The molecular weight excluding hydrogens is 464 g/mol. The van der Waals surface area contributed by atoms with Gasteiger partial charge in [0.25, 0.3) is 6.43 Å². The first-order valence-corrected chi connectivity index (χ1v) is 12.1. The van der Waals surface area contributed by atoms with Crippen molar-refractivity contribution < 1.29 is 23.0 Å². The Labute approximate surface area is 210 Å². The van der Waals surface area contributed by atoms with Crippen LogP contribution < -0.4 is 4.74 Å². The zero-order valence-electron chi connectivity index (χ0n) is 20.8. The van der Waals surface area contributed by atoms with Gasteiger partial charge < -0.3 is 9.47 Å². The molecule has 1 aliphatic rings. The Balaban J connectivity index is 1.31. The molecular formula is C28H31F2N3O3. The molecule has 2 aromatic carbocycles. The van der Waals surface area contributed by atoms with E-state index in [0.717, 1.165) is 35.3 Å². The van der Waals surface area contributed by atoms with E-state index in [1.54, 1.807) is 12.1 Å². The van der Waals surface area contributed by atoms with Gasteiger partial charge in [-0.15, -0.1) is 0 Å². The van der Waals surface area contributed by atoms with Crippen LogP contribution in [0.15, 0.2) is 54.7 Å². The summed E-state index contributed by atoms with van der Waals surface area (Å²) in [5.74, 6) is 1.15. The molecule has 0 radical (unpaired) electrons. The second-order valence-corrected chi connectivity index (χ2v) is 9.88. The highest BCUT2D eigenvalue weighted by Gasteiger charge is 2.21. The SMILES string of the molecule is CC(C)(C)OC(=O)CCN1CCc2nc(-c3ccc(OCc4ccc(C(F)F)cc4)cc3)ncc2C1. The number of halogens is 2. The molecule has 0 saturated heterocycles. The number of fused-ring (bicyclic) bond motifs is 1. The fraction of sp³-hybridized carbons (Fsp3) is 0.393. The number of rotatable bonds is 8. The van der Waals surface area contributed by atoms with Crippen molar-refractivity contribution >= 4 is 5.97 Å². The van der Waals surface area contributed by atoms with Gasteiger partial charge in [0.1, 0.15) is 18.0 Å². The summed E-state index contributed by atoms with van der Waals surface area (Å²) in [5, 5.41) is 0. The molecule has 1 aromatic heterocycles. The van der Waals surface area contributed by atoms with Crippen LogP contribution in [0.4, 0.5) is 8.78 Å². The van der Waals surface area contributed by atoms with Crippen LogP contribution >= 0.6 is 0 Å². The van der Waals surface area contributed by atoms with E-state index >= 15 is 0 Å². The number of esters is 1. The smallest absolute Gasteiger partial charge is 0.307 e. The van der Waals surface area contributed by atoms with Crippen LogP contribution in [0.2, 0.25) is 0 Å². The second-order valence-electron chi connectivity index (χ2n) is 9.88. The average Bonchev–Trinajstić information content (AvgIpc) is 2.85. The minimum Gasteiger partial charge on any atom is -0.489 e. The van der Waals surface area contributed by atoms with Crippen LogP contribution in [0, 0.1) is 0 Å². The van der Waals surface area contributed by atoms with Crippen LogP contribution in [0.3, 0.4) is 0 Å². The molecule has 0 unspecified atom stereocenters. The molecule has 0 saturated carbocycles. The normalized spacial score (nSPS) is 13.9. The average molecular weight is 496 g/mol. The van der Waals surface area contributed by atoms with E-state index < -0.39 is 12.0 Å². The molecule has 0 atom stereocenters. The third-order valence-electron chi connectivity index (χ3n) is 5.81. The lowest BCUT2D eigenvalue weighted by Crippen LogP contribution is -2.34. The summed E-state index contributed by atoms with van der Waals surface area (Å²) in [6.07, 6.45) is 0.553. The van der Waals surface area contributed by atoms with Gasteiger partial charge in [0.2, 0.25) is 0 Å². The van der Waals surface area contributed by atoms with E-state index in [-0.39, 0.29) is 11.5 Å². The van der Waals surface area contributed by atoms with Gasteiger partial charge in [-0.05, 0) is 50.6 Å². The maximum absolute atomic E-state index is 12.7. The number of hydrogen-bond donors (Lipinski definition) is 0. The van der Waals surface area contributed by atoms with Gasteiger partial charge in [0, 0.05) is 48.9 Å². The molecule has 8 heteroatoms. The fourth-order valence-electron chi connectivity index (χ4n) is 3.97. The molecule has 3 aromatic rings. The molecule has 0 amide bonds. The Morgan fingerprint density at radius 1 is 1.08 bits per heavy atom. The highest BCUT2D eigenvalue weighted by molar-refractivity contribution is 5.70. The van der Waals surface area contributed by atoms with Crippen molar-refractivity contribution in [3.8, 4) is 17.1 Å². The highest BCUT2D eigenvalue weighted by atomic mass is 19.3. The minimum absolute atomic E-state index is 0.00154. The van der Waals surface area contributed by atoms with E-state index in [9.17, 15) is 13.6 Å². The number of ether oxygens (including phenoxy) is 2. The number of nitrogens with zero attached hydrogens (tertiary/aromatic N) is 3. The zero-order chi connectivity index (χ0) is 25.7. The largest absolute Gasteiger partial charge is 0.489 e. The van der Waals surface area contributed by atoms with E-state index in [0.29, 0.717) is 37.7 Å². The van der Waals surface area contributed by atoms with Crippen molar-refractivity contribution in [3.05, 3.63) is 77.1 Å². The Kier molecular flexibility index (Phi) is 7.94. The summed E-state index contributed by atoms with van der Waals surface area (Å²) in [4.78, 5) is 23.6.